The monoisotopic (exact) mass is 332 g/mol. The van der Waals surface area contributed by atoms with Crippen molar-refractivity contribution in [2.24, 2.45) is 0 Å². The summed E-state index contributed by atoms with van der Waals surface area (Å²) in [5, 5.41) is 2.69. The summed E-state index contributed by atoms with van der Waals surface area (Å²) >= 11 is 3.19. The van der Waals surface area contributed by atoms with E-state index in [0.29, 0.717) is 17.9 Å². The molecule has 1 aromatic heterocycles. The van der Waals surface area contributed by atoms with Gasteiger partial charge in [-0.05, 0) is 30.3 Å². The van der Waals surface area contributed by atoms with Crippen LogP contribution in [0.2, 0.25) is 0 Å². The van der Waals surface area contributed by atoms with Crippen LogP contribution in [-0.4, -0.2) is 16.6 Å². The standard InChI is InChI=1S/C16H13FN2OS2/c17-11-4-3-5-12(10-11)18-15(20)8-9-21-16-19-13-6-1-2-7-14(13)22-16/h1-7,10H,8-9H2,(H,18,20). The van der Waals surface area contributed by atoms with Crippen LogP contribution in [0.5, 0.6) is 0 Å². The van der Waals surface area contributed by atoms with Crippen molar-refractivity contribution in [2.75, 3.05) is 11.1 Å². The molecule has 0 aliphatic rings. The molecule has 22 heavy (non-hydrogen) atoms. The SMILES string of the molecule is O=C(CCSc1nc2ccccc2s1)Nc1cccc(F)c1. The van der Waals surface area contributed by atoms with E-state index in [1.165, 1.54) is 12.1 Å². The normalized spacial score (nSPS) is 10.8. The van der Waals surface area contributed by atoms with E-state index >= 15 is 0 Å². The number of nitrogens with zero attached hydrogens (tertiary/aromatic N) is 1. The Hall–Kier alpha value is -1.92. The lowest BCUT2D eigenvalue weighted by Gasteiger charge is -2.04. The van der Waals surface area contributed by atoms with Gasteiger partial charge in [-0.25, -0.2) is 9.37 Å². The number of carbonyl (C=O) groups excluding carboxylic acids is 1. The fourth-order valence-corrected chi connectivity index (χ4v) is 4.01. The zero-order valence-corrected chi connectivity index (χ0v) is 13.2. The van der Waals surface area contributed by atoms with E-state index in [1.54, 1.807) is 35.2 Å². The molecule has 0 radical (unpaired) electrons. The molecule has 6 heteroatoms. The summed E-state index contributed by atoms with van der Waals surface area (Å²) in [6.45, 7) is 0. The van der Waals surface area contributed by atoms with Crippen LogP contribution in [-0.2, 0) is 4.79 Å². The van der Waals surface area contributed by atoms with Crippen molar-refractivity contribution in [3.05, 3.63) is 54.3 Å². The molecule has 1 N–H and O–H groups in total. The summed E-state index contributed by atoms with van der Waals surface area (Å²) in [6.07, 6.45) is 0.358. The number of para-hydroxylation sites is 1. The van der Waals surface area contributed by atoms with Crippen LogP contribution < -0.4 is 5.32 Å². The first kappa shape index (κ1) is 15.0. The highest BCUT2D eigenvalue weighted by Gasteiger charge is 2.07. The Morgan fingerprint density at radius 2 is 2.09 bits per heavy atom. The first-order valence-electron chi connectivity index (χ1n) is 6.74. The van der Waals surface area contributed by atoms with E-state index in [9.17, 15) is 9.18 Å². The number of hydrogen-bond donors (Lipinski definition) is 1. The van der Waals surface area contributed by atoms with Gasteiger partial charge in [0.25, 0.3) is 0 Å². The van der Waals surface area contributed by atoms with Crippen molar-refractivity contribution < 1.29 is 9.18 Å². The van der Waals surface area contributed by atoms with Crippen molar-refractivity contribution in [1.29, 1.82) is 0 Å². The fraction of sp³-hybridized carbons (Fsp3) is 0.125. The molecule has 0 fully saturated rings. The van der Waals surface area contributed by atoms with E-state index in [1.807, 2.05) is 24.3 Å². The van der Waals surface area contributed by atoms with E-state index in [-0.39, 0.29) is 11.7 Å². The molecule has 0 unspecified atom stereocenters. The molecule has 1 amide bonds. The van der Waals surface area contributed by atoms with Crippen molar-refractivity contribution in [1.82, 2.24) is 4.98 Å². The quantitative estimate of drug-likeness (QED) is 0.697. The van der Waals surface area contributed by atoms with Gasteiger partial charge in [0.1, 0.15) is 5.82 Å². The number of hydrogen-bond acceptors (Lipinski definition) is 4. The second-order valence-electron chi connectivity index (χ2n) is 4.60. The molecule has 0 atom stereocenters. The summed E-state index contributed by atoms with van der Waals surface area (Å²) in [6, 6.07) is 13.9. The first-order valence-corrected chi connectivity index (χ1v) is 8.55. The summed E-state index contributed by atoms with van der Waals surface area (Å²) in [4.78, 5) is 16.3. The van der Waals surface area contributed by atoms with Crippen LogP contribution in [0.25, 0.3) is 10.2 Å². The number of carbonyl (C=O) groups is 1. The van der Waals surface area contributed by atoms with E-state index in [0.717, 1.165) is 14.6 Å². The van der Waals surface area contributed by atoms with E-state index in [2.05, 4.69) is 10.3 Å². The average molecular weight is 332 g/mol. The van der Waals surface area contributed by atoms with Gasteiger partial charge in [-0.3, -0.25) is 4.79 Å². The predicted molar refractivity (Wildman–Crippen MR) is 90.0 cm³/mol. The minimum absolute atomic E-state index is 0.126. The van der Waals surface area contributed by atoms with Crippen LogP contribution in [0, 0.1) is 5.82 Å². The number of aromatic nitrogens is 1. The van der Waals surface area contributed by atoms with Crippen LogP contribution in [0.4, 0.5) is 10.1 Å². The number of rotatable bonds is 5. The number of halogens is 1. The number of nitrogens with one attached hydrogen (secondary N) is 1. The Bertz CT molecular complexity index is 770. The molecule has 112 valence electrons. The Morgan fingerprint density at radius 3 is 2.91 bits per heavy atom. The summed E-state index contributed by atoms with van der Waals surface area (Å²) in [5.41, 5.74) is 1.47. The molecule has 3 nitrogen and oxygen atoms in total. The van der Waals surface area contributed by atoms with Crippen LogP contribution in [0.15, 0.2) is 52.9 Å². The molecule has 3 rings (SSSR count). The third kappa shape index (κ3) is 3.84. The molecule has 0 saturated heterocycles. The van der Waals surface area contributed by atoms with Gasteiger partial charge in [-0.1, -0.05) is 30.0 Å². The number of thiazole rings is 1. The maximum atomic E-state index is 13.0. The molecule has 2 aromatic carbocycles. The van der Waals surface area contributed by atoms with Gasteiger partial charge < -0.3 is 5.32 Å². The maximum absolute atomic E-state index is 13.0. The van der Waals surface area contributed by atoms with E-state index in [4.69, 9.17) is 0 Å². The summed E-state index contributed by atoms with van der Waals surface area (Å²) in [5.74, 6) is 0.155. The third-order valence-electron chi connectivity index (χ3n) is 2.94. The van der Waals surface area contributed by atoms with Crippen LogP contribution in [0.1, 0.15) is 6.42 Å². The zero-order chi connectivity index (χ0) is 15.4. The largest absolute Gasteiger partial charge is 0.326 e. The minimum atomic E-state index is -0.360. The molecule has 0 aliphatic heterocycles. The highest BCUT2D eigenvalue weighted by atomic mass is 32.2. The van der Waals surface area contributed by atoms with Gasteiger partial charge >= 0.3 is 0 Å². The van der Waals surface area contributed by atoms with Gasteiger partial charge in [-0.15, -0.1) is 11.3 Å². The van der Waals surface area contributed by atoms with Crippen LogP contribution in [0.3, 0.4) is 0 Å². The molecule has 0 aliphatic carbocycles. The lowest BCUT2D eigenvalue weighted by atomic mass is 10.3. The minimum Gasteiger partial charge on any atom is -0.326 e. The van der Waals surface area contributed by atoms with Gasteiger partial charge in [0.15, 0.2) is 4.34 Å². The van der Waals surface area contributed by atoms with E-state index < -0.39 is 0 Å². The first-order chi connectivity index (χ1) is 10.7. The van der Waals surface area contributed by atoms with Crippen molar-refractivity contribution in [2.45, 2.75) is 10.8 Å². The number of thioether (sulfide) groups is 1. The number of fused-ring (bicyclic) bond motifs is 1. The molecular weight excluding hydrogens is 319 g/mol. The van der Waals surface area contributed by atoms with Crippen molar-refractivity contribution >= 4 is 44.9 Å². The summed E-state index contributed by atoms with van der Waals surface area (Å²) in [7, 11) is 0. The maximum Gasteiger partial charge on any atom is 0.225 e. The second-order valence-corrected chi connectivity index (χ2v) is 6.98. The molecule has 0 spiro atoms. The highest BCUT2D eigenvalue weighted by Crippen LogP contribution is 2.29. The second kappa shape index (κ2) is 6.89. The zero-order valence-electron chi connectivity index (χ0n) is 11.6. The fourth-order valence-electron chi connectivity index (χ4n) is 1.93. The Kier molecular flexibility index (Phi) is 4.70. The molecule has 3 aromatic rings. The Balaban J connectivity index is 1.51. The Morgan fingerprint density at radius 1 is 1.23 bits per heavy atom. The van der Waals surface area contributed by atoms with Crippen molar-refractivity contribution in [3.8, 4) is 0 Å². The summed E-state index contributed by atoms with van der Waals surface area (Å²) < 4.78 is 15.1. The topological polar surface area (TPSA) is 42.0 Å². The lowest BCUT2D eigenvalue weighted by Crippen LogP contribution is -2.12. The van der Waals surface area contributed by atoms with Crippen molar-refractivity contribution in [3.63, 3.8) is 0 Å². The molecular formula is C16H13FN2OS2. The Labute approximate surface area is 135 Å². The van der Waals surface area contributed by atoms with Gasteiger partial charge in [-0.2, -0.15) is 0 Å². The van der Waals surface area contributed by atoms with Gasteiger partial charge in [0.05, 0.1) is 10.2 Å². The molecule has 1 heterocycles. The number of anilines is 1. The lowest BCUT2D eigenvalue weighted by molar-refractivity contribution is -0.115. The predicted octanol–water partition coefficient (Wildman–Crippen LogP) is 4.56. The van der Waals surface area contributed by atoms with Gasteiger partial charge in [0, 0.05) is 17.9 Å². The number of benzene rings is 2. The number of amides is 1. The van der Waals surface area contributed by atoms with Gasteiger partial charge in [0.2, 0.25) is 5.91 Å². The smallest absolute Gasteiger partial charge is 0.225 e. The third-order valence-corrected chi connectivity index (χ3v) is 5.12. The highest BCUT2D eigenvalue weighted by molar-refractivity contribution is 8.01. The average Bonchev–Trinajstić information content (AvgIpc) is 2.90. The van der Waals surface area contributed by atoms with Crippen LogP contribution >= 0.6 is 23.1 Å². The molecule has 0 saturated carbocycles. The molecule has 0 bridgehead atoms.